The number of aliphatic hydroxyl groups is 1. The van der Waals surface area contributed by atoms with Gasteiger partial charge >= 0.3 is 0 Å². The van der Waals surface area contributed by atoms with Crippen molar-refractivity contribution in [2.75, 3.05) is 13.2 Å². The van der Waals surface area contributed by atoms with Crippen molar-refractivity contribution in [2.24, 2.45) is 5.41 Å². The molecule has 0 radical (unpaired) electrons. The van der Waals surface area contributed by atoms with Crippen molar-refractivity contribution in [3.63, 3.8) is 0 Å². The molecule has 0 aromatic carbocycles. The van der Waals surface area contributed by atoms with Crippen LogP contribution < -0.4 is 5.32 Å². The number of aryl methyl sites for hydroxylation is 1. The molecule has 0 aliphatic heterocycles. The summed E-state index contributed by atoms with van der Waals surface area (Å²) in [4.78, 5) is 4.56. The second-order valence-electron chi connectivity index (χ2n) is 5.54. The van der Waals surface area contributed by atoms with Crippen LogP contribution in [-0.2, 0) is 6.54 Å². The Morgan fingerprint density at radius 3 is 2.70 bits per heavy atom. The highest BCUT2D eigenvalue weighted by Gasteiger charge is 2.24. The van der Waals surface area contributed by atoms with Gasteiger partial charge in [0.1, 0.15) is 5.65 Å². The minimum absolute atomic E-state index is 0.00556. The van der Waals surface area contributed by atoms with Crippen LogP contribution in [0, 0.1) is 12.3 Å². The first-order valence-corrected chi connectivity index (χ1v) is 7.40. The molecule has 0 bridgehead atoms. The number of nitrogens with zero attached hydrogens (tertiary/aromatic N) is 2. The summed E-state index contributed by atoms with van der Waals surface area (Å²) in [6, 6.07) is 6.05. The topological polar surface area (TPSA) is 49.6 Å². The van der Waals surface area contributed by atoms with Crippen LogP contribution in [0.2, 0.25) is 0 Å². The normalized spacial score (nSPS) is 12.2. The molecular weight excluding hydrogens is 250 g/mol. The van der Waals surface area contributed by atoms with Crippen molar-refractivity contribution < 1.29 is 5.11 Å². The quantitative estimate of drug-likeness (QED) is 0.816. The highest BCUT2D eigenvalue weighted by molar-refractivity contribution is 5.42. The van der Waals surface area contributed by atoms with Crippen LogP contribution in [0.15, 0.2) is 24.4 Å². The van der Waals surface area contributed by atoms with E-state index in [0.29, 0.717) is 0 Å². The monoisotopic (exact) mass is 275 g/mol. The summed E-state index contributed by atoms with van der Waals surface area (Å²) in [7, 11) is 0. The van der Waals surface area contributed by atoms with E-state index in [4.69, 9.17) is 0 Å². The summed E-state index contributed by atoms with van der Waals surface area (Å²) in [6.45, 7) is 8.17. The zero-order valence-electron chi connectivity index (χ0n) is 12.7. The third-order valence-electron chi connectivity index (χ3n) is 4.46. The maximum atomic E-state index is 9.60. The van der Waals surface area contributed by atoms with Crippen molar-refractivity contribution in [3.05, 3.63) is 35.8 Å². The first-order valence-electron chi connectivity index (χ1n) is 7.40. The van der Waals surface area contributed by atoms with Crippen LogP contribution in [0.1, 0.15) is 38.1 Å². The smallest absolute Gasteiger partial charge is 0.137 e. The number of aliphatic hydroxyl groups excluding tert-OH is 1. The number of imidazole rings is 1. The molecule has 20 heavy (non-hydrogen) atoms. The van der Waals surface area contributed by atoms with Gasteiger partial charge in [0.05, 0.1) is 11.4 Å². The van der Waals surface area contributed by atoms with Gasteiger partial charge in [0.2, 0.25) is 0 Å². The Balaban J connectivity index is 2.08. The summed E-state index contributed by atoms with van der Waals surface area (Å²) in [5.74, 6) is 0. The predicted molar refractivity (Wildman–Crippen MR) is 81.7 cm³/mol. The molecule has 110 valence electrons. The SMILES string of the molecule is CCC(CC)(CO)CNCc1c(C)nc2ccccn12. The summed E-state index contributed by atoms with van der Waals surface area (Å²) >= 11 is 0. The molecule has 0 aliphatic carbocycles. The molecular formula is C16H25N3O. The fourth-order valence-electron chi connectivity index (χ4n) is 2.60. The second-order valence-corrected chi connectivity index (χ2v) is 5.54. The van der Waals surface area contributed by atoms with Gasteiger partial charge in [-0.3, -0.25) is 0 Å². The molecule has 4 nitrogen and oxygen atoms in total. The Hall–Kier alpha value is -1.39. The van der Waals surface area contributed by atoms with E-state index in [1.807, 2.05) is 31.3 Å². The van der Waals surface area contributed by atoms with Gasteiger partial charge in [-0.15, -0.1) is 0 Å². The Morgan fingerprint density at radius 1 is 1.30 bits per heavy atom. The maximum Gasteiger partial charge on any atom is 0.137 e. The number of nitrogens with one attached hydrogen (secondary N) is 1. The lowest BCUT2D eigenvalue weighted by Gasteiger charge is -2.29. The third-order valence-corrected chi connectivity index (χ3v) is 4.46. The van der Waals surface area contributed by atoms with E-state index in [0.717, 1.165) is 37.3 Å². The molecule has 2 aromatic rings. The van der Waals surface area contributed by atoms with Crippen molar-refractivity contribution in [2.45, 2.75) is 40.2 Å². The number of hydrogen-bond acceptors (Lipinski definition) is 3. The zero-order chi connectivity index (χ0) is 14.6. The lowest BCUT2D eigenvalue weighted by Crippen LogP contribution is -2.36. The Morgan fingerprint density at radius 2 is 2.05 bits per heavy atom. The predicted octanol–water partition coefficient (Wildman–Crippen LogP) is 2.53. The van der Waals surface area contributed by atoms with E-state index in [1.165, 1.54) is 5.69 Å². The number of fused-ring (bicyclic) bond motifs is 1. The molecule has 0 unspecified atom stereocenters. The number of aromatic nitrogens is 2. The highest BCUT2D eigenvalue weighted by atomic mass is 16.3. The van der Waals surface area contributed by atoms with Crippen LogP contribution in [-0.4, -0.2) is 27.6 Å². The Kier molecular flexibility index (Phi) is 4.78. The largest absolute Gasteiger partial charge is 0.396 e. The van der Waals surface area contributed by atoms with Crippen molar-refractivity contribution in [1.82, 2.24) is 14.7 Å². The fourth-order valence-corrected chi connectivity index (χ4v) is 2.60. The molecule has 2 rings (SSSR count). The maximum absolute atomic E-state index is 9.60. The summed E-state index contributed by atoms with van der Waals surface area (Å²) in [5, 5.41) is 13.1. The Bertz CT molecular complexity index is 550. The summed E-state index contributed by atoms with van der Waals surface area (Å²) < 4.78 is 2.13. The van der Waals surface area contributed by atoms with E-state index in [1.54, 1.807) is 0 Å². The van der Waals surface area contributed by atoms with Gasteiger partial charge in [-0.1, -0.05) is 19.9 Å². The molecule has 0 amide bonds. The summed E-state index contributed by atoms with van der Waals surface area (Å²) in [5.41, 5.74) is 3.24. The first-order chi connectivity index (χ1) is 9.65. The molecule has 0 aliphatic rings. The van der Waals surface area contributed by atoms with E-state index >= 15 is 0 Å². The molecule has 0 saturated heterocycles. The average molecular weight is 275 g/mol. The minimum Gasteiger partial charge on any atom is -0.396 e. The molecule has 0 spiro atoms. The van der Waals surface area contributed by atoms with Crippen LogP contribution in [0.5, 0.6) is 0 Å². The van der Waals surface area contributed by atoms with E-state index in [-0.39, 0.29) is 12.0 Å². The van der Waals surface area contributed by atoms with Gasteiger partial charge in [0, 0.05) is 31.3 Å². The number of hydrogen-bond donors (Lipinski definition) is 2. The lowest BCUT2D eigenvalue weighted by atomic mass is 9.83. The molecule has 2 heterocycles. The second kappa shape index (κ2) is 6.37. The standard InChI is InChI=1S/C16H25N3O/c1-4-16(5-2,12-20)11-17-10-14-13(3)18-15-8-6-7-9-19(14)15/h6-9,17,20H,4-5,10-12H2,1-3H3. The Labute approximate surface area is 120 Å². The molecule has 2 N–H and O–H groups in total. The van der Waals surface area contributed by atoms with E-state index in [9.17, 15) is 5.11 Å². The van der Waals surface area contributed by atoms with Gasteiger partial charge in [-0.2, -0.15) is 0 Å². The number of rotatable bonds is 7. The molecule has 0 fully saturated rings. The van der Waals surface area contributed by atoms with Gasteiger partial charge in [-0.25, -0.2) is 4.98 Å². The van der Waals surface area contributed by atoms with Gasteiger partial charge < -0.3 is 14.8 Å². The average Bonchev–Trinajstić information content (AvgIpc) is 2.80. The van der Waals surface area contributed by atoms with Gasteiger partial charge in [0.15, 0.2) is 0 Å². The van der Waals surface area contributed by atoms with Crippen molar-refractivity contribution in [1.29, 1.82) is 0 Å². The van der Waals surface area contributed by atoms with Crippen LogP contribution in [0.25, 0.3) is 5.65 Å². The van der Waals surface area contributed by atoms with Crippen LogP contribution in [0.3, 0.4) is 0 Å². The van der Waals surface area contributed by atoms with Gasteiger partial charge in [0.25, 0.3) is 0 Å². The molecule has 0 atom stereocenters. The minimum atomic E-state index is -0.00556. The van der Waals surface area contributed by atoms with Crippen molar-refractivity contribution in [3.8, 4) is 0 Å². The summed E-state index contributed by atoms with van der Waals surface area (Å²) in [6.07, 6.45) is 4.02. The van der Waals surface area contributed by atoms with E-state index < -0.39 is 0 Å². The molecule has 4 heteroatoms. The lowest BCUT2D eigenvalue weighted by molar-refractivity contribution is 0.113. The van der Waals surface area contributed by atoms with Gasteiger partial charge in [-0.05, 0) is 31.9 Å². The fraction of sp³-hybridized carbons (Fsp3) is 0.562. The van der Waals surface area contributed by atoms with Crippen LogP contribution in [0.4, 0.5) is 0 Å². The number of pyridine rings is 1. The third kappa shape index (κ3) is 2.86. The molecule has 0 saturated carbocycles. The van der Waals surface area contributed by atoms with Crippen molar-refractivity contribution >= 4 is 5.65 Å². The zero-order valence-corrected chi connectivity index (χ0v) is 12.7. The molecule has 2 aromatic heterocycles. The highest BCUT2D eigenvalue weighted by Crippen LogP contribution is 2.24. The first kappa shape index (κ1) is 15.0. The van der Waals surface area contributed by atoms with E-state index in [2.05, 4.69) is 28.5 Å². The van der Waals surface area contributed by atoms with Crippen LogP contribution >= 0.6 is 0 Å².